The first kappa shape index (κ1) is 13.0. The third-order valence-electron chi connectivity index (χ3n) is 2.54. The molecule has 0 saturated heterocycles. The number of aromatic nitrogens is 4. The Morgan fingerprint density at radius 2 is 2.26 bits per heavy atom. The van der Waals surface area contributed by atoms with E-state index in [1.807, 2.05) is 6.92 Å². The van der Waals surface area contributed by atoms with Crippen LogP contribution in [0, 0.1) is 6.92 Å². The molecule has 0 aliphatic heterocycles. The van der Waals surface area contributed by atoms with Gasteiger partial charge in [-0.2, -0.15) is 0 Å². The van der Waals surface area contributed by atoms with Crippen LogP contribution in [-0.2, 0) is 11.3 Å². The van der Waals surface area contributed by atoms with Gasteiger partial charge in [0.05, 0.1) is 19.2 Å². The third kappa shape index (κ3) is 3.27. The van der Waals surface area contributed by atoms with E-state index in [9.17, 15) is 4.79 Å². The number of methoxy groups -OCH3 is 1. The molecule has 7 heteroatoms. The van der Waals surface area contributed by atoms with Crippen molar-refractivity contribution in [2.24, 2.45) is 0 Å². The van der Waals surface area contributed by atoms with Gasteiger partial charge in [0.25, 0.3) is 0 Å². The molecule has 0 saturated carbocycles. The molecule has 0 aliphatic rings. The number of hydrogen-bond donors (Lipinski definition) is 0. The number of nitrogens with zero attached hydrogens (tertiary/aromatic N) is 4. The minimum atomic E-state index is -0.387. The molecule has 0 amide bonds. The molecule has 100 valence electrons. The van der Waals surface area contributed by atoms with Gasteiger partial charge in [-0.05, 0) is 35.5 Å². The van der Waals surface area contributed by atoms with Crippen molar-refractivity contribution in [2.45, 2.75) is 13.5 Å². The monoisotopic (exact) mass is 262 g/mol. The van der Waals surface area contributed by atoms with Gasteiger partial charge in [-0.3, -0.25) is 0 Å². The topological polar surface area (TPSA) is 79.1 Å². The van der Waals surface area contributed by atoms with Crippen LogP contribution in [0.1, 0.15) is 16.2 Å². The maximum atomic E-state index is 11.4. The third-order valence-corrected chi connectivity index (χ3v) is 2.54. The Labute approximate surface area is 110 Å². The highest BCUT2D eigenvalue weighted by Crippen LogP contribution is 2.14. The summed E-state index contributed by atoms with van der Waals surface area (Å²) >= 11 is 0. The van der Waals surface area contributed by atoms with Crippen molar-refractivity contribution in [3.05, 3.63) is 35.7 Å². The fraction of sp³-hybridized carbons (Fsp3) is 0.333. The van der Waals surface area contributed by atoms with Crippen molar-refractivity contribution < 1.29 is 14.3 Å². The summed E-state index contributed by atoms with van der Waals surface area (Å²) in [5.41, 5.74) is 0.457. The molecule has 0 spiro atoms. The lowest BCUT2D eigenvalue weighted by molar-refractivity contribution is 0.0600. The van der Waals surface area contributed by atoms with Gasteiger partial charge >= 0.3 is 5.97 Å². The molecule has 0 N–H and O–H groups in total. The molecule has 1 aromatic heterocycles. The fourth-order valence-electron chi connectivity index (χ4n) is 1.54. The Morgan fingerprint density at radius 1 is 1.42 bits per heavy atom. The van der Waals surface area contributed by atoms with Gasteiger partial charge < -0.3 is 9.47 Å². The maximum Gasteiger partial charge on any atom is 0.337 e. The first-order chi connectivity index (χ1) is 9.20. The second-order valence-corrected chi connectivity index (χ2v) is 3.82. The Bertz CT molecular complexity index is 568. The lowest BCUT2D eigenvalue weighted by Gasteiger charge is -2.07. The van der Waals surface area contributed by atoms with Crippen molar-refractivity contribution >= 4 is 5.97 Å². The van der Waals surface area contributed by atoms with Crippen LogP contribution >= 0.6 is 0 Å². The number of aryl methyl sites for hydroxylation is 1. The Balaban J connectivity index is 1.93. The van der Waals surface area contributed by atoms with Crippen LogP contribution in [0.25, 0.3) is 0 Å². The van der Waals surface area contributed by atoms with Gasteiger partial charge in [-0.15, -0.1) is 5.10 Å². The Morgan fingerprint density at radius 3 is 2.95 bits per heavy atom. The van der Waals surface area contributed by atoms with Gasteiger partial charge in [-0.25, -0.2) is 9.48 Å². The summed E-state index contributed by atoms with van der Waals surface area (Å²) in [6.07, 6.45) is 0. The molecule has 2 aromatic rings. The largest absolute Gasteiger partial charge is 0.492 e. The lowest BCUT2D eigenvalue weighted by Crippen LogP contribution is -2.11. The molecule has 2 rings (SSSR count). The molecule has 0 atom stereocenters. The molecule has 1 heterocycles. The predicted octanol–water partition coefficient (Wildman–Crippen LogP) is 0.847. The lowest BCUT2D eigenvalue weighted by atomic mass is 10.2. The zero-order chi connectivity index (χ0) is 13.7. The summed E-state index contributed by atoms with van der Waals surface area (Å²) in [4.78, 5) is 11.4. The maximum absolute atomic E-state index is 11.4. The summed E-state index contributed by atoms with van der Waals surface area (Å²) in [6.45, 7) is 2.77. The summed E-state index contributed by atoms with van der Waals surface area (Å²) < 4.78 is 11.8. The minimum absolute atomic E-state index is 0.387. The van der Waals surface area contributed by atoms with Crippen LogP contribution in [0.4, 0.5) is 0 Å². The van der Waals surface area contributed by atoms with Gasteiger partial charge in [0.15, 0.2) is 0 Å². The Kier molecular flexibility index (Phi) is 4.07. The predicted molar refractivity (Wildman–Crippen MR) is 65.8 cm³/mol. The van der Waals surface area contributed by atoms with Crippen LogP contribution < -0.4 is 4.74 Å². The highest BCUT2D eigenvalue weighted by atomic mass is 16.5. The SMILES string of the molecule is COC(=O)c1cccc(OCCn2nnnc2C)c1. The number of esters is 1. The van der Waals surface area contributed by atoms with E-state index < -0.39 is 0 Å². The van der Waals surface area contributed by atoms with Crippen LogP contribution in [-0.4, -0.2) is 39.9 Å². The summed E-state index contributed by atoms with van der Waals surface area (Å²) in [6, 6.07) is 6.82. The second-order valence-electron chi connectivity index (χ2n) is 3.82. The van der Waals surface area contributed by atoms with E-state index >= 15 is 0 Å². The number of ether oxygens (including phenoxy) is 2. The molecule has 0 fully saturated rings. The van der Waals surface area contributed by atoms with E-state index in [0.29, 0.717) is 24.5 Å². The average molecular weight is 262 g/mol. The molecule has 1 aromatic carbocycles. The normalized spacial score (nSPS) is 10.2. The second kappa shape index (κ2) is 5.94. The number of hydrogen-bond acceptors (Lipinski definition) is 6. The summed E-state index contributed by atoms with van der Waals surface area (Å²) in [7, 11) is 1.34. The quantitative estimate of drug-likeness (QED) is 0.743. The van der Waals surface area contributed by atoms with E-state index in [4.69, 9.17) is 4.74 Å². The molecule has 19 heavy (non-hydrogen) atoms. The summed E-state index contributed by atoms with van der Waals surface area (Å²) in [5, 5.41) is 11.1. The van der Waals surface area contributed by atoms with Crippen LogP contribution in [0.3, 0.4) is 0 Å². The zero-order valence-corrected chi connectivity index (χ0v) is 10.7. The molecule has 0 bridgehead atoms. The molecule has 7 nitrogen and oxygen atoms in total. The van der Waals surface area contributed by atoms with Gasteiger partial charge in [0.2, 0.25) is 0 Å². The van der Waals surface area contributed by atoms with Crippen molar-refractivity contribution in [2.75, 3.05) is 13.7 Å². The molecular weight excluding hydrogens is 248 g/mol. The zero-order valence-electron chi connectivity index (χ0n) is 10.7. The Hall–Kier alpha value is -2.44. The molecule has 0 radical (unpaired) electrons. The van der Waals surface area contributed by atoms with Gasteiger partial charge in [0.1, 0.15) is 18.2 Å². The van der Waals surface area contributed by atoms with E-state index in [1.54, 1.807) is 28.9 Å². The van der Waals surface area contributed by atoms with Crippen LogP contribution in [0.5, 0.6) is 5.75 Å². The molecule has 0 aliphatic carbocycles. The van der Waals surface area contributed by atoms with E-state index in [-0.39, 0.29) is 5.97 Å². The van der Waals surface area contributed by atoms with E-state index in [0.717, 1.165) is 5.82 Å². The van der Waals surface area contributed by atoms with Gasteiger partial charge in [0, 0.05) is 0 Å². The van der Waals surface area contributed by atoms with Crippen LogP contribution in [0.15, 0.2) is 24.3 Å². The number of benzene rings is 1. The van der Waals surface area contributed by atoms with E-state index in [1.165, 1.54) is 7.11 Å². The van der Waals surface area contributed by atoms with Crippen molar-refractivity contribution in [3.8, 4) is 5.75 Å². The minimum Gasteiger partial charge on any atom is -0.492 e. The average Bonchev–Trinajstić information content (AvgIpc) is 2.84. The fourth-order valence-corrected chi connectivity index (χ4v) is 1.54. The van der Waals surface area contributed by atoms with Crippen molar-refractivity contribution in [1.82, 2.24) is 20.2 Å². The highest BCUT2D eigenvalue weighted by Gasteiger charge is 2.06. The smallest absolute Gasteiger partial charge is 0.337 e. The van der Waals surface area contributed by atoms with Gasteiger partial charge in [-0.1, -0.05) is 6.07 Å². The van der Waals surface area contributed by atoms with E-state index in [2.05, 4.69) is 20.3 Å². The summed E-state index contributed by atoms with van der Waals surface area (Å²) in [5.74, 6) is 0.947. The standard InChI is InChI=1S/C12H14N4O3/c1-9-13-14-15-16(9)6-7-19-11-5-3-4-10(8-11)12(17)18-2/h3-5,8H,6-7H2,1-2H3. The molecular formula is C12H14N4O3. The number of tetrazole rings is 1. The van der Waals surface area contributed by atoms with Crippen molar-refractivity contribution in [3.63, 3.8) is 0 Å². The number of carbonyl (C=O) groups is 1. The molecule has 0 unspecified atom stereocenters. The van der Waals surface area contributed by atoms with Crippen molar-refractivity contribution in [1.29, 1.82) is 0 Å². The number of rotatable bonds is 5. The van der Waals surface area contributed by atoms with Crippen LogP contribution in [0.2, 0.25) is 0 Å². The highest BCUT2D eigenvalue weighted by molar-refractivity contribution is 5.89. The first-order valence-corrected chi connectivity index (χ1v) is 5.74. The first-order valence-electron chi connectivity index (χ1n) is 5.74. The number of carbonyl (C=O) groups excluding carboxylic acids is 1.